The van der Waals surface area contributed by atoms with Gasteiger partial charge >= 0.3 is 0 Å². The number of halogens is 1. The summed E-state index contributed by atoms with van der Waals surface area (Å²) in [6.45, 7) is 2.24. The molecule has 1 rings (SSSR count). The molecule has 0 aliphatic rings. The van der Waals surface area contributed by atoms with Crippen LogP contribution in [0.15, 0.2) is 16.8 Å². The Morgan fingerprint density at radius 2 is 2.33 bits per heavy atom. The van der Waals surface area contributed by atoms with E-state index < -0.39 is 0 Å². The zero-order chi connectivity index (χ0) is 8.81. The molecule has 0 saturated heterocycles. The van der Waals surface area contributed by atoms with Gasteiger partial charge in [0.25, 0.3) is 0 Å². The second kappa shape index (κ2) is 5.76. The summed E-state index contributed by atoms with van der Waals surface area (Å²) in [4.78, 5) is 0.579. The molecule has 0 aliphatic heterocycles. The van der Waals surface area contributed by atoms with Gasteiger partial charge in [-0.15, -0.1) is 0 Å². The molecule has 2 heteroatoms. The maximum Gasteiger partial charge on any atom is 0.0403 e. The molecule has 0 aliphatic carbocycles. The second-order valence-electron chi connectivity index (χ2n) is 3.02. The molecule has 0 saturated carbocycles. The molecule has 1 aromatic heterocycles. The molecular formula is C10H15BrS. The number of thiophene rings is 1. The topological polar surface area (TPSA) is 0 Å². The number of hydrogen-bond donors (Lipinski definition) is 0. The average Bonchev–Trinajstić information content (AvgIpc) is 2.56. The molecule has 0 fully saturated rings. The summed E-state index contributed by atoms with van der Waals surface area (Å²) in [5.41, 5.74) is 1.44. The van der Waals surface area contributed by atoms with Crippen molar-refractivity contribution in [3.63, 3.8) is 0 Å². The smallest absolute Gasteiger partial charge is 0.0403 e. The summed E-state index contributed by atoms with van der Waals surface area (Å²) in [6, 6.07) is 2.20. The Labute approximate surface area is 87.1 Å². The molecule has 0 radical (unpaired) electrons. The van der Waals surface area contributed by atoms with Gasteiger partial charge in [-0.3, -0.25) is 0 Å². The molecule has 0 spiro atoms. The molecular weight excluding hydrogens is 232 g/mol. The van der Waals surface area contributed by atoms with Crippen molar-refractivity contribution in [2.24, 2.45) is 0 Å². The van der Waals surface area contributed by atoms with Crippen molar-refractivity contribution in [3.8, 4) is 0 Å². The van der Waals surface area contributed by atoms with E-state index in [1.54, 1.807) is 11.3 Å². The molecule has 12 heavy (non-hydrogen) atoms. The third-order valence-corrected chi connectivity index (χ3v) is 3.65. The fourth-order valence-electron chi connectivity index (χ4n) is 1.19. The predicted molar refractivity (Wildman–Crippen MR) is 60.1 cm³/mol. The second-order valence-corrected chi connectivity index (χ2v) is 4.91. The Kier molecular flexibility index (Phi) is 4.93. The number of hydrogen-bond acceptors (Lipinski definition) is 1. The van der Waals surface area contributed by atoms with Gasteiger partial charge in [-0.1, -0.05) is 42.1 Å². The lowest BCUT2D eigenvalue weighted by molar-refractivity contribution is 0.664. The highest BCUT2D eigenvalue weighted by atomic mass is 79.9. The highest BCUT2D eigenvalue weighted by molar-refractivity contribution is 9.09. The normalized spacial score (nSPS) is 13.2. The van der Waals surface area contributed by atoms with Crippen molar-refractivity contribution in [1.29, 1.82) is 0 Å². The van der Waals surface area contributed by atoms with Crippen LogP contribution >= 0.6 is 27.3 Å². The van der Waals surface area contributed by atoms with E-state index in [-0.39, 0.29) is 0 Å². The average molecular weight is 247 g/mol. The first-order valence-corrected chi connectivity index (χ1v) is 6.36. The van der Waals surface area contributed by atoms with E-state index in [9.17, 15) is 0 Å². The summed E-state index contributed by atoms with van der Waals surface area (Å²) in [5, 5.41) is 4.37. The van der Waals surface area contributed by atoms with Gasteiger partial charge in [-0.05, 0) is 28.8 Å². The molecule has 0 nitrogen and oxygen atoms in total. The summed E-state index contributed by atoms with van der Waals surface area (Å²) in [7, 11) is 0. The fraction of sp³-hybridized carbons (Fsp3) is 0.600. The SMILES string of the molecule is CCCCCC(Br)c1ccsc1. The monoisotopic (exact) mass is 246 g/mol. The van der Waals surface area contributed by atoms with Crippen LogP contribution in [0.3, 0.4) is 0 Å². The lowest BCUT2D eigenvalue weighted by atomic mass is 10.1. The van der Waals surface area contributed by atoms with E-state index in [1.165, 1.54) is 31.2 Å². The van der Waals surface area contributed by atoms with Crippen molar-refractivity contribution in [2.75, 3.05) is 0 Å². The van der Waals surface area contributed by atoms with Gasteiger partial charge in [0.1, 0.15) is 0 Å². The highest BCUT2D eigenvalue weighted by Crippen LogP contribution is 2.29. The lowest BCUT2D eigenvalue weighted by Gasteiger charge is -2.06. The van der Waals surface area contributed by atoms with Gasteiger partial charge in [0.15, 0.2) is 0 Å². The summed E-state index contributed by atoms with van der Waals surface area (Å²) < 4.78 is 0. The zero-order valence-corrected chi connectivity index (χ0v) is 9.83. The summed E-state index contributed by atoms with van der Waals surface area (Å²) in [6.07, 6.45) is 5.27. The Bertz CT molecular complexity index is 194. The van der Waals surface area contributed by atoms with Gasteiger partial charge in [-0.25, -0.2) is 0 Å². The van der Waals surface area contributed by atoms with Crippen molar-refractivity contribution in [2.45, 2.75) is 37.4 Å². The Morgan fingerprint density at radius 3 is 2.92 bits per heavy atom. The molecule has 1 heterocycles. The molecule has 1 aromatic rings. The van der Waals surface area contributed by atoms with Crippen LogP contribution in [0.5, 0.6) is 0 Å². The first-order chi connectivity index (χ1) is 5.84. The van der Waals surface area contributed by atoms with Crippen molar-refractivity contribution in [1.82, 2.24) is 0 Å². The summed E-state index contributed by atoms with van der Waals surface area (Å²) in [5.74, 6) is 0. The third-order valence-electron chi connectivity index (χ3n) is 1.97. The first kappa shape index (κ1) is 10.3. The molecule has 0 amide bonds. The van der Waals surface area contributed by atoms with Crippen LogP contribution in [0.25, 0.3) is 0 Å². The van der Waals surface area contributed by atoms with Crippen LogP contribution < -0.4 is 0 Å². The Balaban J connectivity index is 2.25. The van der Waals surface area contributed by atoms with Crippen LogP contribution in [-0.2, 0) is 0 Å². The molecule has 1 atom stereocenters. The van der Waals surface area contributed by atoms with E-state index in [4.69, 9.17) is 0 Å². The molecule has 0 aromatic carbocycles. The maximum atomic E-state index is 3.70. The summed E-state index contributed by atoms with van der Waals surface area (Å²) >= 11 is 5.48. The van der Waals surface area contributed by atoms with E-state index >= 15 is 0 Å². The minimum Gasteiger partial charge on any atom is -0.152 e. The number of unbranched alkanes of at least 4 members (excludes halogenated alkanes) is 2. The quantitative estimate of drug-likeness (QED) is 0.519. The maximum absolute atomic E-state index is 3.70. The minimum absolute atomic E-state index is 0.579. The molecule has 1 unspecified atom stereocenters. The Morgan fingerprint density at radius 1 is 1.50 bits per heavy atom. The highest BCUT2D eigenvalue weighted by Gasteiger charge is 2.06. The van der Waals surface area contributed by atoms with Gasteiger partial charge < -0.3 is 0 Å². The van der Waals surface area contributed by atoms with E-state index in [1.807, 2.05) is 0 Å². The van der Waals surface area contributed by atoms with Crippen molar-refractivity contribution < 1.29 is 0 Å². The van der Waals surface area contributed by atoms with Gasteiger partial charge in [0.05, 0.1) is 0 Å². The predicted octanol–water partition coefficient (Wildman–Crippen LogP) is 4.76. The van der Waals surface area contributed by atoms with Crippen LogP contribution in [-0.4, -0.2) is 0 Å². The third kappa shape index (κ3) is 3.28. The van der Waals surface area contributed by atoms with Crippen LogP contribution in [0.2, 0.25) is 0 Å². The van der Waals surface area contributed by atoms with Gasteiger partial charge in [0.2, 0.25) is 0 Å². The van der Waals surface area contributed by atoms with Crippen molar-refractivity contribution in [3.05, 3.63) is 22.4 Å². The van der Waals surface area contributed by atoms with Crippen LogP contribution in [0.1, 0.15) is 43.0 Å². The first-order valence-electron chi connectivity index (χ1n) is 4.50. The van der Waals surface area contributed by atoms with Gasteiger partial charge in [0, 0.05) is 4.83 Å². The number of rotatable bonds is 5. The zero-order valence-electron chi connectivity index (χ0n) is 7.42. The fourth-order valence-corrected chi connectivity index (χ4v) is 2.69. The lowest BCUT2D eigenvalue weighted by Crippen LogP contribution is -1.86. The largest absolute Gasteiger partial charge is 0.152 e. The minimum atomic E-state index is 0.579. The Hall–Kier alpha value is 0.180. The standard InChI is InChI=1S/C10H15BrS/c1-2-3-4-5-10(11)9-6-7-12-8-9/h6-8,10H,2-5H2,1H3. The molecule has 0 bridgehead atoms. The number of alkyl halides is 1. The van der Waals surface area contributed by atoms with E-state index in [2.05, 4.69) is 39.7 Å². The van der Waals surface area contributed by atoms with Crippen LogP contribution in [0.4, 0.5) is 0 Å². The van der Waals surface area contributed by atoms with E-state index in [0.717, 1.165) is 0 Å². The van der Waals surface area contributed by atoms with Crippen molar-refractivity contribution >= 4 is 27.3 Å². The van der Waals surface area contributed by atoms with Gasteiger partial charge in [-0.2, -0.15) is 11.3 Å². The molecule has 68 valence electrons. The van der Waals surface area contributed by atoms with E-state index in [0.29, 0.717) is 4.83 Å². The van der Waals surface area contributed by atoms with Crippen LogP contribution in [0, 0.1) is 0 Å². The molecule has 0 N–H and O–H groups in total.